The number of amides is 2. The molecule has 1 fully saturated rings. The number of likely N-dealkylation sites (N-methyl/N-ethyl adjacent to an activating group) is 1. The summed E-state index contributed by atoms with van der Waals surface area (Å²) >= 11 is 0. The summed E-state index contributed by atoms with van der Waals surface area (Å²) in [6, 6.07) is 12.5. The Hall–Kier alpha value is -3.39. The van der Waals surface area contributed by atoms with Crippen molar-refractivity contribution in [3.05, 3.63) is 60.2 Å². The van der Waals surface area contributed by atoms with Crippen LogP contribution in [0.3, 0.4) is 0 Å². The van der Waals surface area contributed by atoms with Crippen molar-refractivity contribution in [3.63, 3.8) is 0 Å². The zero-order valence-corrected chi connectivity index (χ0v) is 16.5. The summed E-state index contributed by atoms with van der Waals surface area (Å²) < 4.78 is 6.82. The molecule has 4 rings (SSSR count). The first kappa shape index (κ1) is 18.9. The minimum Gasteiger partial charge on any atom is -0.497 e. The fourth-order valence-corrected chi connectivity index (χ4v) is 3.37. The maximum Gasteiger partial charge on any atom is 0.290 e. The van der Waals surface area contributed by atoms with Crippen molar-refractivity contribution >= 4 is 23.0 Å². The number of hydrogen-bond donors (Lipinski definition) is 1. The standard InChI is InChI=1S/C21H23N5O3/c1-24-11-13-25(14-12-24)21(28)19-23-18(17-5-3-4-10-26(17)19)20(27)22-15-6-8-16(29-2)9-7-15/h3-10H,11-14H2,1-2H3,(H,22,27). The predicted octanol–water partition coefficient (Wildman–Crippen LogP) is 1.98. The van der Waals surface area contributed by atoms with Crippen molar-refractivity contribution < 1.29 is 14.3 Å². The summed E-state index contributed by atoms with van der Waals surface area (Å²) in [5.74, 6) is 0.430. The van der Waals surface area contributed by atoms with Crippen LogP contribution < -0.4 is 10.1 Å². The van der Waals surface area contributed by atoms with E-state index in [9.17, 15) is 9.59 Å². The smallest absolute Gasteiger partial charge is 0.290 e. The Morgan fingerprint density at radius 1 is 1.03 bits per heavy atom. The number of aromatic nitrogens is 2. The number of hydrogen-bond acceptors (Lipinski definition) is 5. The molecule has 8 nitrogen and oxygen atoms in total. The second-order valence-electron chi connectivity index (χ2n) is 7.02. The van der Waals surface area contributed by atoms with Crippen LogP contribution in [0, 0.1) is 0 Å². The molecule has 1 saturated heterocycles. The maximum atomic E-state index is 13.1. The van der Waals surface area contributed by atoms with E-state index in [-0.39, 0.29) is 23.3 Å². The van der Waals surface area contributed by atoms with Crippen molar-refractivity contribution in [3.8, 4) is 5.75 Å². The molecule has 1 aromatic carbocycles. The van der Waals surface area contributed by atoms with Crippen LogP contribution in [-0.2, 0) is 0 Å². The first-order valence-electron chi connectivity index (χ1n) is 9.47. The first-order valence-corrected chi connectivity index (χ1v) is 9.47. The molecule has 0 spiro atoms. The molecule has 2 amide bonds. The minimum atomic E-state index is -0.365. The van der Waals surface area contributed by atoms with Gasteiger partial charge < -0.3 is 19.9 Å². The summed E-state index contributed by atoms with van der Waals surface area (Å²) in [6.45, 7) is 2.93. The quantitative estimate of drug-likeness (QED) is 0.733. The SMILES string of the molecule is COc1ccc(NC(=O)c2nc(C(=O)N3CCN(C)CC3)n3ccccc23)cc1. The molecule has 1 aliphatic rings. The molecule has 1 N–H and O–H groups in total. The van der Waals surface area contributed by atoms with Gasteiger partial charge in [-0.2, -0.15) is 0 Å². The number of benzene rings is 1. The molecule has 0 saturated carbocycles. The van der Waals surface area contributed by atoms with Crippen LogP contribution in [0.1, 0.15) is 21.1 Å². The minimum absolute atomic E-state index is 0.164. The van der Waals surface area contributed by atoms with E-state index in [0.29, 0.717) is 30.0 Å². The third-order valence-electron chi connectivity index (χ3n) is 5.09. The zero-order chi connectivity index (χ0) is 20.4. The number of methoxy groups -OCH3 is 1. The second kappa shape index (κ2) is 7.92. The highest BCUT2D eigenvalue weighted by atomic mass is 16.5. The van der Waals surface area contributed by atoms with Gasteiger partial charge in [0.05, 0.1) is 12.6 Å². The second-order valence-corrected chi connectivity index (χ2v) is 7.02. The van der Waals surface area contributed by atoms with Gasteiger partial charge in [-0.05, 0) is 43.4 Å². The van der Waals surface area contributed by atoms with Gasteiger partial charge in [-0.25, -0.2) is 4.98 Å². The third kappa shape index (κ3) is 3.79. The highest BCUT2D eigenvalue weighted by molar-refractivity contribution is 6.09. The van der Waals surface area contributed by atoms with Crippen molar-refractivity contribution in [2.24, 2.45) is 0 Å². The van der Waals surface area contributed by atoms with E-state index in [1.165, 1.54) is 0 Å². The van der Waals surface area contributed by atoms with E-state index in [4.69, 9.17) is 4.74 Å². The normalized spacial score (nSPS) is 14.8. The molecule has 0 aliphatic carbocycles. The first-order chi connectivity index (χ1) is 14.1. The predicted molar refractivity (Wildman–Crippen MR) is 110 cm³/mol. The van der Waals surface area contributed by atoms with Crippen LogP contribution in [0.2, 0.25) is 0 Å². The maximum absolute atomic E-state index is 13.1. The monoisotopic (exact) mass is 393 g/mol. The molecule has 8 heteroatoms. The van der Waals surface area contributed by atoms with E-state index in [0.717, 1.165) is 13.1 Å². The lowest BCUT2D eigenvalue weighted by atomic mass is 10.2. The lowest BCUT2D eigenvalue weighted by Crippen LogP contribution is -2.47. The van der Waals surface area contributed by atoms with Gasteiger partial charge in [0.1, 0.15) is 5.75 Å². The number of pyridine rings is 1. The number of carbonyl (C=O) groups is 2. The number of nitrogens with zero attached hydrogens (tertiary/aromatic N) is 4. The van der Waals surface area contributed by atoms with Gasteiger partial charge >= 0.3 is 0 Å². The number of piperazine rings is 1. The Bertz CT molecular complexity index is 1040. The number of rotatable bonds is 4. The van der Waals surface area contributed by atoms with Crippen molar-refractivity contribution in [1.82, 2.24) is 19.2 Å². The number of imidazole rings is 1. The van der Waals surface area contributed by atoms with Crippen LogP contribution in [0.15, 0.2) is 48.7 Å². The van der Waals surface area contributed by atoms with Crippen molar-refractivity contribution in [2.45, 2.75) is 0 Å². The molecular formula is C21H23N5O3. The average molecular weight is 393 g/mol. The Morgan fingerprint density at radius 3 is 2.45 bits per heavy atom. The fourth-order valence-electron chi connectivity index (χ4n) is 3.37. The lowest BCUT2D eigenvalue weighted by Gasteiger charge is -2.31. The Balaban J connectivity index is 1.63. The van der Waals surface area contributed by atoms with E-state index in [1.54, 1.807) is 52.9 Å². The molecule has 1 aliphatic heterocycles. The topological polar surface area (TPSA) is 79.2 Å². The average Bonchev–Trinajstić information content (AvgIpc) is 3.14. The van der Waals surface area contributed by atoms with E-state index >= 15 is 0 Å². The van der Waals surface area contributed by atoms with Gasteiger partial charge in [0.25, 0.3) is 11.8 Å². The van der Waals surface area contributed by atoms with E-state index < -0.39 is 0 Å². The Labute approximate surface area is 168 Å². The van der Waals surface area contributed by atoms with Crippen LogP contribution >= 0.6 is 0 Å². The number of fused-ring (bicyclic) bond motifs is 1. The summed E-state index contributed by atoms with van der Waals surface area (Å²) in [5, 5.41) is 2.84. The van der Waals surface area contributed by atoms with E-state index in [1.807, 2.05) is 19.2 Å². The molecule has 2 aromatic heterocycles. The van der Waals surface area contributed by atoms with Crippen LogP contribution in [0.5, 0.6) is 5.75 Å². The number of ether oxygens (including phenoxy) is 1. The van der Waals surface area contributed by atoms with Gasteiger partial charge in [0.15, 0.2) is 5.69 Å². The summed E-state index contributed by atoms with van der Waals surface area (Å²) in [7, 11) is 3.62. The Kier molecular flexibility index (Phi) is 5.18. The lowest BCUT2D eigenvalue weighted by molar-refractivity contribution is 0.0651. The number of anilines is 1. The molecule has 0 radical (unpaired) electrons. The van der Waals surface area contributed by atoms with Gasteiger partial charge in [-0.1, -0.05) is 6.07 Å². The van der Waals surface area contributed by atoms with Crippen LogP contribution in [0.4, 0.5) is 5.69 Å². The fraction of sp³-hybridized carbons (Fsp3) is 0.286. The highest BCUT2D eigenvalue weighted by Gasteiger charge is 2.27. The molecular weight excluding hydrogens is 370 g/mol. The van der Waals surface area contributed by atoms with Gasteiger partial charge in [-0.3, -0.25) is 14.0 Å². The third-order valence-corrected chi connectivity index (χ3v) is 5.09. The number of nitrogens with one attached hydrogen (secondary N) is 1. The van der Waals surface area contributed by atoms with E-state index in [2.05, 4.69) is 15.2 Å². The van der Waals surface area contributed by atoms with Crippen LogP contribution in [-0.4, -0.2) is 71.3 Å². The Morgan fingerprint density at radius 2 is 1.76 bits per heavy atom. The summed E-state index contributed by atoms with van der Waals surface area (Å²) in [5.41, 5.74) is 1.44. The largest absolute Gasteiger partial charge is 0.497 e. The molecule has 3 aromatic rings. The highest BCUT2D eigenvalue weighted by Crippen LogP contribution is 2.19. The zero-order valence-electron chi connectivity index (χ0n) is 16.5. The van der Waals surface area contributed by atoms with Gasteiger partial charge in [0.2, 0.25) is 5.82 Å². The van der Waals surface area contributed by atoms with Crippen molar-refractivity contribution in [1.29, 1.82) is 0 Å². The summed E-state index contributed by atoms with van der Waals surface area (Å²) in [6.07, 6.45) is 1.76. The molecule has 3 heterocycles. The van der Waals surface area contributed by atoms with Crippen LogP contribution in [0.25, 0.3) is 5.52 Å². The van der Waals surface area contributed by atoms with Gasteiger partial charge in [-0.15, -0.1) is 0 Å². The molecule has 29 heavy (non-hydrogen) atoms. The number of carbonyl (C=O) groups excluding carboxylic acids is 2. The molecule has 0 atom stereocenters. The molecule has 0 bridgehead atoms. The summed E-state index contributed by atoms with van der Waals surface area (Å²) in [4.78, 5) is 34.4. The van der Waals surface area contributed by atoms with Gasteiger partial charge in [0, 0.05) is 38.1 Å². The van der Waals surface area contributed by atoms with Crippen molar-refractivity contribution in [2.75, 3.05) is 45.7 Å². The molecule has 0 unspecified atom stereocenters. The molecule has 150 valence electrons.